The summed E-state index contributed by atoms with van der Waals surface area (Å²) < 4.78 is 5.67. The number of halogens is 2. The summed E-state index contributed by atoms with van der Waals surface area (Å²) in [6.07, 6.45) is 2.35. The zero-order chi connectivity index (χ0) is 21.1. The van der Waals surface area contributed by atoms with Gasteiger partial charge in [-0.1, -0.05) is 35.3 Å². The van der Waals surface area contributed by atoms with Gasteiger partial charge in [-0.2, -0.15) is 0 Å². The highest BCUT2D eigenvalue weighted by Crippen LogP contribution is 2.32. The van der Waals surface area contributed by atoms with Crippen LogP contribution < -0.4 is 15.5 Å². The van der Waals surface area contributed by atoms with E-state index in [2.05, 4.69) is 15.5 Å². The number of amides is 1. The van der Waals surface area contributed by atoms with Crippen molar-refractivity contribution in [3.8, 4) is 11.3 Å². The summed E-state index contributed by atoms with van der Waals surface area (Å²) in [5, 5.41) is 6.96. The second-order valence-electron chi connectivity index (χ2n) is 6.91. The molecule has 1 aliphatic heterocycles. The smallest absolute Gasteiger partial charge is 0.293 e. The van der Waals surface area contributed by atoms with Gasteiger partial charge in [-0.25, -0.2) is 0 Å². The van der Waals surface area contributed by atoms with Crippen LogP contribution >= 0.6 is 35.4 Å². The number of thiocarbonyl (C=S) groups is 1. The summed E-state index contributed by atoms with van der Waals surface area (Å²) in [6.45, 7) is 2.03. The number of carbonyl (C=O) groups is 1. The van der Waals surface area contributed by atoms with Crippen molar-refractivity contribution in [2.45, 2.75) is 12.8 Å². The van der Waals surface area contributed by atoms with E-state index >= 15 is 0 Å². The molecule has 0 saturated carbocycles. The first kappa shape index (κ1) is 20.7. The molecule has 30 heavy (non-hydrogen) atoms. The van der Waals surface area contributed by atoms with Crippen LogP contribution in [0.2, 0.25) is 10.0 Å². The van der Waals surface area contributed by atoms with Crippen molar-refractivity contribution in [3.63, 3.8) is 0 Å². The summed E-state index contributed by atoms with van der Waals surface area (Å²) in [5.41, 5.74) is 2.59. The maximum Gasteiger partial charge on any atom is 0.293 e. The van der Waals surface area contributed by atoms with Gasteiger partial charge in [-0.05, 0) is 67.5 Å². The molecule has 5 nitrogen and oxygen atoms in total. The molecule has 4 rings (SSSR count). The number of furan rings is 1. The summed E-state index contributed by atoms with van der Waals surface area (Å²) in [7, 11) is 0. The van der Waals surface area contributed by atoms with Crippen LogP contribution in [0.5, 0.6) is 0 Å². The number of benzene rings is 2. The summed E-state index contributed by atoms with van der Waals surface area (Å²) in [5.74, 6) is 0.163. The highest BCUT2D eigenvalue weighted by Gasteiger charge is 2.18. The molecule has 1 fully saturated rings. The Morgan fingerprint density at radius 3 is 2.57 bits per heavy atom. The Morgan fingerprint density at radius 2 is 1.80 bits per heavy atom. The van der Waals surface area contributed by atoms with E-state index in [-0.39, 0.29) is 10.9 Å². The minimum Gasteiger partial charge on any atom is -0.451 e. The molecule has 1 amide bonds. The first-order chi connectivity index (χ1) is 14.5. The van der Waals surface area contributed by atoms with Crippen molar-refractivity contribution >= 4 is 57.8 Å². The van der Waals surface area contributed by atoms with Crippen LogP contribution in [-0.2, 0) is 0 Å². The number of carbonyl (C=O) groups excluding carboxylic acids is 1. The van der Waals surface area contributed by atoms with Crippen LogP contribution in [0.25, 0.3) is 11.3 Å². The number of para-hydroxylation sites is 2. The molecule has 1 saturated heterocycles. The molecule has 0 spiro atoms. The average molecular weight is 460 g/mol. The van der Waals surface area contributed by atoms with Gasteiger partial charge in [-0.3, -0.25) is 10.1 Å². The quantitative estimate of drug-likeness (QED) is 0.469. The number of hydrogen-bond donors (Lipinski definition) is 2. The van der Waals surface area contributed by atoms with Crippen molar-refractivity contribution in [1.29, 1.82) is 0 Å². The van der Waals surface area contributed by atoms with Gasteiger partial charge in [0.2, 0.25) is 0 Å². The molecule has 0 atom stereocenters. The zero-order valence-corrected chi connectivity index (χ0v) is 18.3. The predicted octanol–water partition coefficient (Wildman–Crippen LogP) is 5.98. The van der Waals surface area contributed by atoms with Crippen molar-refractivity contribution in [3.05, 3.63) is 70.4 Å². The molecule has 1 aliphatic rings. The Kier molecular flexibility index (Phi) is 6.27. The van der Waals surface area contributed by atoms with Crippen LogP contribution in [0.15, 0.2) is 59.0 Å². The summed E-state index contributed by atoms with van der Waals surface area (Å²) in [4.78, 5) is 14.9. The largest absolute Gasteiger partial charge is 0.451 e. The average Bonchev–Trinajstić information content (AvgIpc) is 3.41. The molecule has 0 aliphatic carbocycles. The van der Waals surface area contributed by atoms with Crippen molar-refractivity contribution in [2.24, 2.45) is 0 Å². The van der Waals surface area contributed by atoms with Gasteiger partial charge in [-0.15, -0.1) is 0 Å². The maximum absolute atomic E-state index is 12.6. The van der Waals surface area contributed by atoms with E-state index in [0.29, 0.717) is 21.4 Å². The van der Waals surface area contributed by atoms with E-state index in [1.807, 2.05) is 24.3 Å². The van der Waals surface area contributed by atoms with Gasteiger partial charge in [0.15, 0.2) is 10.9 Å². The molecule has 2 N–H and O–H groups in total. The highest BCUT2D eigenvalue weighted by atomic mass is 35.5. The van der Waals surface area contributed by atoms with E-state index in [1.54, 1.807) is 30.3 Å². The lowest BCUT2D eigenvalue weighted by molar-refractivity contribution is 0.0951. The molecule has 0 radical (unpaired) electrons. The normalized spacial score (nSPS) is 13.3. The maximum atomic E-state index is 12.6. The molecular formula is C22H19Cl2N3O2S. The fourth-order valence-electron chi connectivity index (χ4n) is 3.43. The number of nitrogens with zero attached hydrogens (tertiary/aromatic N) is 1. The van der Waals surface area contributed by atoms with E-state index in [9.17, 15) is 4.79 Å². The molecule has 2 aromatic carbocycles. The fraction of sp³-hybridized carbons (Fsp3) is 0.182. The summed E-state index contributed by atoms with van der Waals surface area (Å²) >= 11 is 17.5. The van der Waals surface area contributed by atoms with Gasteiger partial charge in [0.25, 0.3) is 5.91 Å². The molecule has 0 bridgehead atoms. The van der Waals surface area contributed by atoms with Gasteiger partial charge >= 0.3 is 0 Å². The van der Waals surface area contributed by atoms with Crippen LogP contribution in [-0.4, -0.2) is 24.1 Å². The van der Waals surface area contributed by atoms with E-state index < -0.39 is 5.91 Å². The lowest BCUT2D eigenvalue weighted by atomic mass is 10.2. The SMILES string of the molecule is O=C(NC(=S)Nc1ccccc1N1CCCC1)c1ccc(-c2ccc(Cl)cc2Cl)o1. The minimum atomic E-state index is -0.442. The van der Waals surface area contributed by atoms with Gasteiger partial charge < -0.3 is 14.6 Å². The lowest BCUT2D eigenvalue weighted by Crippen LogP contribution is -2.34. The highest BCUT2D eigenvalue weighted by molar-refractivity contribution is 7.80. The Balaban J connectivity index is 1.44. The Morgan fingerprint density at radius 1 is 1.03 bits per heavy atom. The van der Waals surface area contributed by atoms with Crippen LogP contribution in [0, 0.1) is 0 Å². The third kappa shape index (κ3) is 4.61. The van der Waals surface area contributed by atoms with Crippen molar-refractivity contribution in [1.82, 2.24) is 5.32 Å². The van der Waals surface area contributed by atoms with Crippen LogP contribution in [0.1, 0.15) is 23.4 Å². The number of hydrogen-bond acceptors (Lipinski definition) is 4. The van der Waals surface area contributed by atoms with Gasteiger partial charge in [0.1, 0.15) is 5.76 Å². The monoisotopic (exact) mass is 459 g/mol. The predicted molar refractivity (Wildman–Crippen MR) is 126 cm³/mol. The van der Waals surface area contributed by atoms with Crippen molar-refractivity contribution in [2.75, 3.05) is 23.3 Å². The molecule has 0 unspecified atom stereocenters. The van der Waals surface area contributed by atoms with Gasteiger partial charge in [0, 0.05) is 23.7 Å². The topological polar surface area (TPSA) is 57.5 Å². The molecule has 2 heterocycles. The third-order valence-electron chi connectivity index (χ3n) is 4.85. The number of anilines is 2. The number of nitrogens with one attached hydrogen (secondary N) is 2. The molecule has 1 aromatic heterocycles. The minimum absolute atomic E-state index is 0.132. The first-order valence-corrected chi connectivity index (χ1v) is 10.7. The fourth-order valence-corrected chi connectivity index (χ4v) is 4.13. The Bertz CT molecular complexity index is 1090. The summed E-state index contributed by atoms with van der Waals surface area (Å²) in [6, 6.07) is 16.3. The Labute approximate surface area is 190 Å². The molecule has 154 valence electrons. The standard InChI is InChI=1S/C22H19Cl2N3O2S/c23-14-7-8-15(16(24)13-14)19-9-10-20(29-19)21(28)26-22(30)25-17-5-1-2-6-18(17)27-11-3-4-12-27/h1-2,5-10,13H,3-4,11-12H2,(H2,25,26,28,30). The first-order valence-electron chi connectivity index (χ1n) is 9.53. The third-order valence-corrected chi connectivity index (χ3v) is 5.60. The second-order valence-corrected chi connectivity index (χ2v) is 8.16. The van der Waals surface area contributed by atoms with E-state index in [4.69, 9.17) is 39.8 Å². The number of rotatable bonds is 4. The van der Waals surface area contributed by atoms with Gasteiger partial charge in [0.05, 0.1) is 16.4 Å². The second kappa shape index (κ2) is 9.08. The zero-order valence-electron chi connectivity index (χ0n) is 16.0. The van der Waals surface area contributed by atoms with E-state index in [0.717, 1.165) is 24.5 Å². The molecule has 8 heteroatoms. The lowest BCUT2D eigenvalue weighted by Gasteiger charge is -2.22. The van der Waals surface area contributed by atoms with Crippen LogP contribution in [0.3, 0.4) is 0 Å². The molecule has 3 aromatic rings. The molecular weight excluding hydrogens is 441 g/mol. The Hall–Kier alpha value is -2.54. The van der Waals surface area contributed by atoms with E-state index in [1.165, 1.54) is 12.8 Å². The van der Waals surface area contributed by atoms with Crippen molar-refractivity contribution < 1.29 is 9.21 Å². The van der Waals surface area contributed by atoms with Crippen LogP contribution in [0.4, 0.5) is 11.4 Å².